The van der Waals surface area contributed by atoms with E-state index in [0.29, 0.717) is 16.4 Å². The molecule has 0 aliphatic rings. The second-order valence-corrected chi connectivity index (χ2v) is 9.59. The molecule has 0 spiro atoms. The van der Waals surface area contributed by atoms with Crippen molar-refractivity contribution >= 4 is 27.5 Å². The lowest BCUT2D eigenvalue weighted by atomic mass is 10.1. The summed E-state index contributed by atoms with van der Waals surface area (Å²) >= 11 is 0. The largest absolute Gasteiger partial charge is 0.545 e. The molecule has 7 nitrogen and oxygen atoms in total. The van der Waals surface area contributed by atoms with E-state index in [2.05, 4.69) is 4.98 Å². The van der Waals surface area contributed by atoms with Gasteiger partial charge in [-0.1, -0.05) is 18.2 Å². The van der Waals surface area contributed by atoms with Crippen molar-refractivity contribution in [2.45, 2.75) is 24.5 Å². The smallest absolute Gasteiger partial charge is 0.419 e. The number of alkyl halides is 3. The number of hydrogen-bond donors (Lipinski definition) is 0. The molecule has 0 saturated carbocycles. The molecule has 2 aromatic heterocycles. The van der Waals surface area contributed by atoms with Crippen LogP contribution in [0.4, 0.5) is 27.8 Å². The standard InChI is InChI=1S/C23H16F5N3O4S/c1-13-21(29-20-9-5-16(24)12-30(13)20)31(11-14-2-8-19(25)18(10-14)23(26,27)28)36(34,35)17-6-3-15(4-7-17)22(32)33/h2-10,12H,11H2,1H3,(H,32,33)/p-1. The lowest BCUT2D eigenvalue weighted by Gasteiger charge is -2.24. The number of aromatic nitrogens is 2. The van der Waals surface area contributed by atoms with Gasteiger partial charge in [0.05, 0.1) is 28.7 Å². The van der Waals surface area contributed by atoms with Crippen molar-refractivity contribution in [1.29, 1.82) is 0 Å². The van der Waals surface area contributed by atoms with Crippen LogP contribution in [-0.4, -0.2) is 23.8 Å². The quantitative estimate of drug-likeness (QED) is 0.359. The third-order valence-electron chi connectivity index (χ3n) is 5.37. The van der Waals surface area contributed by atoms with Crippen LogP contribution in [0.25, 0.3) is 5.65 Å². The lowest BCUT2D eigenvalue weighted by Crippen LogP contribution is -2.32. The molecule has 0 aliphatic carbocycles. The van der Waals surface area contributed by atoms with E-state index < -0.39 is 50.8 Å². The summed E-state index contributed by atoms with van der Waals surface area (Å²) in [5.74, 6) is -3.93. The molecule has 0 radical (unpaired) electrons. The van der Waals surface area contributed by atoms with Gasteiger partial charge in [-0.05, 0) is 54.4 Å². The van der Waals surface area contributed by atoms with Gasteiger partial charge in [0, 0.05) is 6.20 Å². The summed E-state index contributed by atoms with van der Waals surface area (Å²) in [4.78, 5) is 14.9. The minimum Gasteiger partial charge on any atom is -0.545 e. The van der Waals surface area contributed by atoms with Crippen LogP contribution in [0, 0.1) is 18.6 Å². The van der Waals surface area contributed by atoms with Gasteiger partial charge < -0.3 is 9.90 Å². The highest BCUT2D eigenvalue weighted by Crippen LogP contribution is 2.34. The Hall–Kier alpha value is -4.00. The van der Waals surface area contributed by atoms with Gasteiger partial charge in [0.2, 0.25) is 0 Å². The maximum atomic E-state index is 13.8. The van der Waals surface area contributed by atoms with Crippen molar-refractivity contribution in [3.8, 4) is 0 Å². The molecule has 2 heterocycles. The number of aryl methyl sites for hydroxylation is 1. The van der Waals surface area contributed by atoms with Crippen molar-refractivity contribution in [3.63, 3.8) is 0 Å². The van der Waals surface area contributed by atoms with Crippen LogP contribution in [0.5, 0.6) is 0 Å². The maximum Gasteiger partial charge on any atom is 0.419 e. The Kier molecular flexibility index (Phi) is 6.20. The van der Waals surface area contributed by atoms with E-state index in [-0.39, 0.29) is 28.3 Å². The molecule has 0 N–H and O–H groups in total. The Morgan fingerprint density at radius 2 is 1.72 bits per heavy atom. The number of pyridine rings is 1. The van der Waals surface area contributed by atoms with E-state index in [9.17, 15) is 40.3 Å². The SMILES string of the molecule is Cc1c(N(Cc2ccc(F)c(C(F)(F)F)c2)S(=O)(=O)c2ccc(C(=O)[O-])cc2)nc2ccc(F)cn12. The molecule has 4 rings (SSSR count). The van der Waals surface area contributed by atoms with E-state index in [4.69, 9.17) is 0 Å². The van der Waals surface area contributed by atoms with Crippen LogP contribution in [0.1, 0.15) is 27.2 Å². The third-order valence-corrected chi connectivity index (χ3v) is 7.12. The zero-order valence-electron chi connectivity index (χ0n) is 18.3. The van der Waals surface area contributed by atoms with Gasteiger partial charge in [-0.25, -0.2) is 26.5 Å². The highest BCUT2D eigenvalue weighted by molar-refractivity contribution is 7.92. The van der Waals surface area contributed by atoms with Crippen molar-refractivity contribution in [1.82, 2.24) is 9.38 Å². The number of carbonyl (C=O) groups excluding carboxylic acids is 1. The Balaban J connectivity index is 1.89. The van der Waals surface area contributed by atoms with Crippen LogP contribution in [-0.2, 0) is 22.7 Å². The fourth-order valence-corrected chi connectivity index (χ4v) is 5.03. The zero-order chi connectivity index (χ0) is 26.4. The minimum absolute atomic E-state index is 0.151. The van der Waals surface area contributed by atoms with E-state index in [1.807, 2.05) is 0 Å². The van der Waals surface area contributed by atoms with Crippen molar-refractivity contribution in [3.05, 3.63) is 94.8 Å². The summed E-state index contributed by atoms with van der Waals surface area (Å²) in [5.41, 5.74) is -1.77. The number of anilines is 1. The number of aromatic carboxylic acids is 1. The molecule has 2 aromatic carbocycles. The summed E-state index contributed by atoms with van der Waals surface area (Å²) in [7, 11) is -4.56. The first-order valence-corrected chi connectivity index (χ1v) is 11.6. The first-order valence-electron chi connectivity index (χ1n) is 10.1. The molecule has 0 unspecified atom stereocenters. The maximum absolute atomic E-state index is 13.8. The van der Waals surface area contributed by atoms with Gasteiger partial charge in [-0.3, -0.25) is 4.40 Å². The summed E-state index contributed by atoms with van der Waals surface area (Å²) < 4.78 is 96.5. The van der Waals surface area contributed by atoms with Crippen molar-refractivity contribution in [2.24, 2.45) is 0 Å². The Morgan fingerprint density at radius 3 is 2.33 bits per heavy atom. The molecule has 4 aromatic rings. The fraction of sp³-hybridized carbons (Fsp3) is 0.130. The lowest BCUT2D eigenvalue weighted by molar-refractivity contribution is -0.255. The second-order valence-electron chi connectivity index (χ2n) is 7.73. The topological polar surface area (TPSA) is 94.8 Å². The molecule has 0 aliphatic heterocycles. The first-order chi connectivity index (χ1) is 16.8. The van der Waals surface area contributed by atoms with Gasteiger partial charge in [0.1, 0.15) is 17.3 Å². The monoisotopic (exact) mass is 524 g/mol. The Morgan fingerprint density at radius 1 is 1.06 bits per heavy atom. The first kappa shape index (κ1) is 25.1. The number of hydrogen-bond acceptors (Lipinski definition) is 5. The van der Waals surface area contributed by atoms with Crippen molar-refractivity contribution in [2.75, 3.05) is 4.31 Å². The van der Waals surface area contributed by atoms with Crippen LogP contribution < -0.4 is 9.41 Å². The number of rotatable bonds is 6. The number of carboxylic acid groups (broad SMARTS) is 1. The molecular weight excluding hydrogens is 509 g/mol. The van der Waals surface area contributed by atoms with E-state index >= 15 is 0 Å². The second kappa shape index (κ2) is 8.90. The predicted octanol–water partition coefficient (Wildman–Crippen LogP) is 3.70. The van der Waals surface area contributed by atoms with Crippen LogP contribution >= 0.6 is 0 Å². The van der Waals surface area contributed by atoms with Gasteiger partial charge in [0.25, 0.3) is 10.0 Å². The Bertz CT molecular complexity index is 1580. The van der Waals surface area contributed by atoms with E-state index in [0.717, 1.165) is 42.6 Å². The number of carbonyl (C=O) groups is 1. The fourth-order valence-electron chi connectivity index (χ4n) is 3.58. The molecule has 0 atom stereocenters. The van der Waals surface area contributed by atoms with Gasteiger partial charge in [0.15, 0.2) is 5.82 Å². The average molecular weight is 524 g/mol. The molecule has 36 heavy (non-hydrogen) atoms. The molecule has 0 fully saturated rings. The number of nitrogens with zero attached hydrogens (tertiary/aromatic N) is 3. The van der Waals surface area contributed by atoms with E-state index in [1.165, 1.54) is 17.4 Å². The molecule has 188 valence electrons. The number of sulfonamides is 1. The molecular formula is C23H15F5N3O4S-. The number of benzene rings is 2. The molecule has 0 amide bonds. The van der Waals surface area contributed by atoms with Crippen LogP contribution in [0.2, 0.25) is 0 Å². The highest BCUT2D eigenvalue weighted by atomic mass is 32.2. The van der Waals surface area contributed by atoms with Gasteiger partial charge in [-0.2, -0.15) is 13.2 Å². The predicted molar refractivity (Wildman–Crippen MR) is 115 cm³/mol. The summed E-state index contributed by atoms with van der Waals surface area (Å²) in [6.07, 6.45) is -3.97. The molecule has 0 bridgehead atoms. The number of carboxylic acids is 1. The van der Waals surface area contributed by atoms with Gasteiger partial charge in [-0.15, -0.1) is 0 Å². The number of halogens is 5. The highest BCUT2D eigenvalue weighted by Gasteiger charge is 2.35. The normalized spacial score (nSPS) is 12.2. The summed E-state index contributed by atoms with van der Waals surface area (Å²) in [5, 5.41) is 11.0. The Labute approximate surface area is 201 Å². The summed E-state index contributed by atoms with van der Waals surface area (Å²) in [6, 6.07) is 8.40. The summed E-state index contributed by atoms with van der Waals surface area (Å²) in [6.45, 7) is 0.740. The molecule has 0 saturated heterocycles. The zero-order valence-corrected chi connectivity index (χ0v) is 19.1. The van der Waals surface area contributed by atoms with Crippen LogP contribution in [0.15, 0.2) is 65.7 Å². The minimum atomic E-state index is -5.03. The molecule has 13 heteroatoms. The average Bonchev–Trinajstić information content (AvgIpc) is 3.13. The van der Waals surface area contributed by atoms with Crippen molar-refractivity contribution < 1.29 is 40.3 Å². The number of fused-ring (bicyclic) bond motifs is 1. The van der Waals surface area contributed by atoms with Gasteiger partial charge >= 0.3 is 6.18 Å². The van der Waals surface area contributed by atoms with E-state index in [1.54, 1.807) is 0 Å². The number of imidazole rings is 1. The third kappa shape index (κ3) is 4.61. The van der Waals surface area contributed by atoms with Crippen LogP contribution in [0.3, 0.4) is 0 Å².